The smallest absolute Gasteiger partial charge is 0.308 e. The maximum atomic E-state index is 10.5. The molecule has 0 rings (SSSR count). The fourth-order valence-electron chi connectivity index (χ4n) is 0.945. The molecule has 0 amide bonds. The monoisotopic (exact) mass is 274 g/mol. The Bertz CT molecular complexity index is 174. The van der Waals surface area contributed by atoms with Gasteiger partial charge in [0.05, 0.1) is 13.0 Å². The Morgan fingerprint density at radius 2 is 1.32 bits per heavy atom. The lowest BCUT2D eigenvalue weighted by Gasteiger charge is -2.02. The van der Waals surface area contributed by atoms with Crippen LogP contribution >= 0.6 is 0 Å². The van der Waals surface area contributed by atoms with Crippen LogP contribution in [0.1, 0.15) is 81.1 Å². The van der Waals surface area contributed by atoms with Crippen LogP contribution in [0.25, 0.3) is 0 Å². The second-order valence-electron chi connectivity index (χ2n) is 5.82. The summed E-state index contributed by atoms with van der Waals surface area (Å²) < 4.78 is 4.46. The Morgan fingerprint density at radius 1 is 0.895 bits per heavy atom. The number of ether oxygens (including phenoxy) is 1. The van der Waals surface area contributed by atoms with Crippen molar-refractivity contribution >= 4 is 5.97 Å². The number of rotatable bonds is 5. The standard InChI is InChI=1S/C6H12O2.C6H14.C5H12/c1-4-5(2)6(7)8-3;1-4-5-6(2)3;1-4-5(2)3/h5H,4H2,1-3H3;6H,4-5H2,1-3H3;5H,4H2,1-3H3. The van der Waals surface area contributed by atoms with Gasteiger partial charge in [-0.15, -0.1) is 0 Å². The lowest BCUT2D eigenvalue weighted by atomic mass is 10.1. The summed E-state index contributed by atoms with van der Waals surface area (Å²) in [5.41, 5.74) is 0. The van der Waals surface area contributed by atoms with Crippen LogP contribution in [0.2, 0.25) is 0 Å². The van der Waals surface area contributed by atoms with Crippen molar-refractivity contribution in [3.8, 4) is 0 Å². The number of carbonyl (C=O) groups is 1. The van der Waals surface area contributed by atoms with Gasteiger partial charge in [0.2, 0.25) is 0 Å². The average molecular weight is 274 g/mol. The molecule has 1 atom stereocenters. The molecule has 2 nitrogen and oxygen atoms in total. The molecule has 0 aliphatic heterocycles. The van der Waals surface area contributed by atoms with E-state index >= 15 is 0 Å². The molecule has 0 heterocycles. The third-order valence-electron chi connectivity index (χ3n) is 2.90. The molecule has 2 heteroatoms. The van der Waals surface area contributed by atoms with Crippen LogP contribution in [0.5, 0.6) is 0 Å². The first-order valence-corrected chi connectivity index (χ1v) is 7.84. The van der Waals surface area contributed by atoms with Gasteiger partial charge >= 0.3 is 5.97 Å². The highest BCUT2D eigenvalue weighted by Crippen LogP contribution is 2.01. The van der Waals surface area contributed by atoms with Crippen LogP contribution in [-0.4, -0.2) is 13.1 Å². The largest absolute Gasteiger partial charge is 0.469 e. The van der Waals surface area contributed by atoms with E-state index in [-0.39, 0.29) is 11.9 Å². The molecule has 0 N–H and O–H groups in total. The molecule has 1 unspecified atom stereocenters. The van der Waals surface area contributed by atoms with Gasteiger partial charge in [0.1, 0.15) is 0 Å². The molecule has 0 aromatic rings. The summed E-state index contributed by atoms with van der Waals surface area (Å²) in [4.78, 5) is 10.5. The minimum absolute atomic E-state index is 0.0556. The third kappa shape index (κ3) is 26.9. The molecule has 118 valence electrons. The summed E-state index contributed by atoms with van der Waals surface area (Å²) in [6, 6.07) is 0. The molecule has 19 heavy (non-hydrogen) atoms. The second-order valence-corrected chi connectivity index (χ2v) is 5.82. The minimum Gasteiger partial charge on any atom is -0.469 e. The van der Waals surface area contributed by atoms with Crippen LogP contribution in [0, 0.1) is 17.8 Å². The van der Waals surface area contributed by atoms with Crippen molar-refractivity contribution in [3.63, 3.8) is 0 Å². The molecule has 0 aromatic heterocycles. The fraction of sp³-hybridized carbons (Fsp3) is 0.941. The molecule has 0 aliphatic rings. The van der Waals surface area contributed by atoms with Crippen molar-refractivity contribution in [3.05, 3.63) is 0 Å². The number of esters is 1. The summed E-state index contributed by atoms with van der Waals surface area (Å²) in [6.45, 7) is 17.2. The Morgan fingerprint density at radius 3 is 1.37 bits per heavy atom. The van der Waals surface area contributed by atoms with Crippen molar-refractivity contribution in [1.29, 1.82) is 0 Å². The van der Waals surface area contributed by atoms with Gasteiger partial charge in [-0.25, -0.2) is 0 Å². The third-order valence-corrected chi connectivity index (χ3v) is 2.90. The lowest BCUT2D eigenvalue weighted by Crippen LogP contribution is -2.10. The zero-order valence-corrected chi connectivity index (χ0v) is 14.9. The normalized spacial score (nSPS) is 11.1. The van der Waals surface area contributed by atoms with E-state index < -0.39 is 0 Å². The molecule has 0 radical (unpaired) electrons. The van der Waals surface area contributed by atoms with E-state index in [1.54, 1.807) is 0 Å². The van der Waals surface area contributed by atoms with Crippen LogP contribution < -0.4 is 0 Å². The van der Waals surface area contributed by atoms with Gasteiger partial charge in [-0.3, -0.25) is 4.79 Å². The Hall–Kier alpha value is -0.530. The quantitative estimate of drug-likeness (QED) is 0.601. The van der Waals surface area contributed by atoms with E-state index in [0.717, 1.165) is 18.3 Å². The summed E-state index contributed by atoms with van der Waals surface area (Å²) >= 11 is 0. The number of hydrogen-bond acceptors (Lipinski definition) is 2. The van der Waals surface area contributed by atoms with Gasteiger partial charge in [0, 0.05) is 0 Å². The predicted octanol–water partition coefficient (Wildman–Crippen LogP) is 5.70. The summed E-state index contributed by atoms with van der Waals surface area (Å²) in [7, 11) is 1.41. The molecule has 0 saturated heterocycles. The van der Waals surface area contributed by atoms with E-state index in [1.807, 2.05) is 13.8 Å². The highest BCUT2D eigenvalue weighted by atomic mass is 16.5. The number of hydrogen-bond donors (Lipinski definition) is 0. The van der Waals surface area contributed by atoms with Crippen LogP contribution in [-0.2, 0) is 9.53 Å². The Kier molecular flexibility index (Phi) is 21.7. The van der Waals surface area contributed by atoms with E-state index in [1.165, 1.54) is 26.4 Å². The van der Waals surface area contributed by atoms with E-state index in [4.69, 9.17) is 0 Å². The molecular weight excluding hydrogens is 236 g/mol. The number of carbonyl (C=O) groups excluding carboxylic acids is 1. The lowest BCUT2D eigenvalue weighted by molar-refractivity contribution is -0.144. The van der Waals surface area contributed by atoms with E-state index in [2.05, 4.69) is 46.3 Å². The van der Waals surface area contributed by atoms with Crippen molar-refractivity contribution < 1.29 is 9.53 Å². The Labute approximate surface area is 122 Å². The topological polar surface area (TPSA) is 26.3 Å². The van der Waals surface area contributed by atoms with Gasteiger partial charge in [-0.2, -0.15) is 0 Å². The SMILES string of the molecule is CCC(C)C.CCC(C)C(=O)OC.CCCC(C)C. The molecule has 0 spiro atoms. The predicted molar refractivity (Wildman–Crippen MR) is 86.3 cm³/mol. The highest BCUT2D eigenvalue weighted by Gasteiger charge is 2.08. The van der Waals surface area contributed by atoms with Crippen LogP contribution in [0.15, 0.2) is 0 Å². The Balaban J connectivity index is -0.000000209. The van der Waals surface area contributed by atoms with Crippen LogP contribution in [0.3, 0.4) is 0 Å². The maximum Gasteiger partial charge on any atom is 0.308 e. The summed E-state index contributed by atoms with van der Waals surface area (Å²) in [6.07, 6.45) is 4.87. The zero-order chi connectivity index (χ0) is 15.8. The first kappa shape index (κ1) is 23.6. The summed E-state index contributed by atoms with van der Waals surface area (Å²) in [5, 5.41) is 0. The molecule has 0 bridgehead atoms. The molecular formula is C17H38O2. The average Bonchev–Trinajstić information content (AvgIpc) is 2.38. The van der Waals surface area contributed by atoms with E-state index in [0.29, 0.717) is 0 Å². The minimum atomic E-state index is -0.118. The van der Waals surface area contributed by atoms with Crippen molar-refractivity contribution in [2.45, 2.75) is 81.1 Å². The first-order valence-electron chi connectivity index (χ1n) is 7.84. The maximum absolute atomic E-state index is 10.5. The number of methoxy groups -OCH3 is 1. The van der Waals surface area contributed by atoms with Gasteiger partial charge in [-0.05, 0) is 18.3 Å². The zero-order valence-electron chi connectivity index (χ0n) is 14.9. The second kappa shape index (κ2) is 17.5. The van der Waals surface area contributed by atoms with Crippen molar-refractivity contribution in [2.24, 2.45) is 17.8 Å². The molecule has 0 aliphatic carbocycles. The summed E-state index contributed by atoms with van der Waals surface area (Å²) in [5.74, 6) is 1.72. The van der Waals surface area contributed by atoms with Crippen molar-refractivity contribution in [2.75, 3.05) is 7.11 Å². The highest BCUT2D eigenvalue weighted by molar-refractivity contribution is 5.71. The van der Waals surface area contributed by atoms with E-state index in [9.17, 15) is 4.79 Å². The molecule has 0 saturated carbocycles. The molecule has 0 aromatic carbocycles. The van der Waals surface area contributed by atoms with Crippen LogP contribution in [0.4, 0.5) is 0 Å². The molecule has 0 fully saturated rings. The van der Waals surface area contributed by atoms with Gasteiger partial charge < -0.3 is 4.74 Å². The fourth-order valence-corrected chi connectivity index (χ4v) is 0.945. The van der Waals surface area contributed by atoms with Gasteiger partial charge in [0.25, 0.3) is 0 Å². The first-order chi connectivity index (χ1) is 8.76. The van der Waals surface area contributed by atoms with Gasteiger partial charge in [0.15, 0.2) is 0 Å². The van der Waals surface area contributed by atoms with Crippen molar-refractivity contribution in [1.82, 2.24) is 0 Å². The van der Waals surface area contributed by atoms with Gasteiger partial charge in [-0.1, -0.05) is 74.7 Å².